The van der Waals surface area contributed by atoms with Gasteiger partial charge in [0.1, 0.15) is 22.3 Å². The van der Waals surface area contributed by atoms with Crippen LogP contribution in [0.5, 0.6) is 5.88 Å². The van der Waals surface area contributed by atoms with Gasteiger partial charge in [0.25, 0.3) is 5.91 Å². The summed E-state index contributed by atoms with van der Waals surface area (Å²) in [6.07, 6.45) is 4.17. The zero-order chi connectivity index (χ0) is 22.2. The molecule has 0 bridgehead atoms. The molecule has 3 aromatic rings. The van der Waals surface area contributed by atoms with Crippen LogP contribution in [0.15, 0.2) is 29.8 Å². The summed E-state index contributed by atoms with van der Waals surface area (Å²) in [7, 11) is 0. The molecule has 1 saturated heterocycles. The monoisotopic (exact) mass is 457 g/mol. The number of piperidine rings is 1. The number of nitrogens with one attached hydrogen (secondary N) is 1. The molecule has 7 nitrogen and oxygen atoms in total. The summed E-state index contributed by atoms with van der Waals surface area (Å²) in [6, 6.07) is 3.66. The van der Waals surface area contributed by atoms with Crippen molar-refractivity contribution >= 4 is 28.6 Å². The second-order valence-electron chi connectivity index (χ2n) is 7.84. The first-order valence-corrected chi connectivity index (χ1v) is 11.3. The zero-order valence-corrected chi connectivity index (χ0v) is 17.9. The van der Waals surface area contributed by atoms with Gasteiger partial charge in [-0.05, 0) is 25.0 Å². The smallest absolute Gasteiger partial charge is 0.275 e. The average molecular weight is 458 g/mol. The van der Waals surface area contributed by atoms with Gasteiger partial charge in [0.15, 0.2) is 0 Å². The number of pyridine rings is 1. The van der Waals surface area contributed by atoms with E-state index in [1.54, 1.807) is 6.20 Å². The molecule has 166 valence electrons. The molecule has 1 atom stereocenters. The molecule has 1 amide bonds. The maximum absolute atomic E-state index is 14.1. The standard InChI is InChI=1S/C22H21F2N5O2S/c23-14-4-1-5-15(24)18(14)22-28-17(11-32-22)20(30)27-16-9-26-21-13(6-8-31-21)19(16)29-7-2-3-12(25)10-29/h1,4-5,9,11-12H,2-3,6-8,10,25H2,(H,27,30). The third-order valence-corrected chi connectivity index (χ3v) is 6.50. The number of hydrogen-bond acceptors (Lipinski definition) is 7. The van der Waals surface area contributed by atoms with Crippen molar-refractivity contribution in [3.63, 3.8) is 0 Å². The van der Waals surface area contributed by atoms with Gasteiger partial charge < -0.3 is 20.7 Å². The third-order valence-electron chi connectivity index (χ3n) is 5.64. The van der Waals surface area contributed by atoms with Crippen molar-refractivity contribution in [2.75, 3.05) is 29.9 Å². The zero-order valence-electron chi connectivity index (χ0n) is 17.1. The van der Waals surface area contributed by atoms with Gasteiger partial charge in [-0.2, -0.15) is 0 Å². The predicted molar refractivity (Wildman–Crippen MR) is 118 cm³/mol. The first-order chi connectivity index (χ1) is 15.5. The average Bonchev–Trinajstić information content (AvgIpc) is 3.43. The molecule has 2 aliphatic heterocycles. The lowest BCUT2D eigenvalue weighted by Crippen LogP contribution is -2.43. The number of benzene rings is 1. The minimum absolute atomic E-state index is 0.0511. The number of carbonyl (C=O) groups excluding carboxylic acids is 1. The van der Waals surface area contributed by atoms with Gasteiger partial charge in [0, 0.05) is 36.5 Å². The number of rotatable bonds is 4. The SMILES string of the molecule is NC1CCCN(c2c(NC(=O)c3csc(-c4c(F)cccc4F)n3)cnc3c2CCO3)C1. The van der Waals surface area contributed by atoms with Crippen LogP contribution in [0, 0.1) is 11.6 Å². The van der Waals surface area contributed by atoms with E-state index in [1.807, 2.05) is 0 Å². The fourth-order valence-electron chi connectivity index (χ4n) is 4.17. The van der Waals surface area contributed by atoms with Crippen molar-refractivity contribution in [2.45, 2.75) is 25.3 Å². The Hall–Kier alpha value is -3.11. The van der Waals surface area contributed by atoms with Gasteiger partial charge in [-0.25, -0.2) is 18.7 Å². The highest BCUT2D eigenvalue weighted by Gasteiger charge is 2.28. The number of nitrogens with zero attached hydrogens (tertiary/aromatic N) is 3. The van der Waals surface area contributed by atoms with Crippen LogP contribution in [0.25, 0.3) is 10.6 Å². The number of ether oxygens (including phenoxy) is 1. The van der Waals surface area contributed by atoms with Gasteiger partial charge >= 0.3 is 0 Å². The van der Waals surface area contributed by atoms with Crippen LogP contribution in [-0.2, 0) is 6.42 Å². The van der Waals surface area contributed by atoms with E-state index in [0.29, 0.717) is 31.1 Å². The summed E-state index contributed by atoms with van der Waals surface area (Å²) in [5.74, 6) is -1.36. The molecule has 1 unspecified atom stereocenters. The number of halogens is 2. The van der Waals surface area contributed by atoms with E-state index in [1.165, 1.54) is 11.4 Å². The van der Waals surface area contributed by atoms with E-state index in [4.69, 9.17) is 10.5 Å². The van der Waals surface area contributed by atoms with Crippen LogP contribution in [0.1, 0.15) is 28.9 Å². The number of aromatic nitrogens is 2. The molecule has 0 aliphatic carbocycles. The highest BCUT2D eigenvalue weighted by molar-refractivity contribution is 7.13. The summed E-state index contributed by atoms with van der Waals surface area (Å²) in [5.41, 5.74) is 8.38. The number of hydrogen-bond donors (Lipinski definition) is 2. The van der Waals surface area contributed by atoms with Crippen molar-refractivity contribution in [1.82, 2.24) is 9.97 Å². The van der Waals surface area contributed by atoms with Crippen LogP contribution < -0.4 is 20.7 Å². The lowest BCUT2D eigenvalue weighted by atomic mass is 10.0. The minimum atomic E-state index is -0.724. The molecule has 3 N–H and O–H groups in total. The molecule has 32 heavy (non-hydrogen) atoms. The van der Waals surface area contributed by atoms with Crippen LogP contribution in [-0.4, -0.2) is 41.6 Å². The van der Waals surface area contributed by atoms with Crippen LogP contribution in [0.2, 0.25) is 0 Å². The Morgan fingerprint density at radius 3 is 2.91 bits per heavy atom. The van der Waals surface area contributed by atoms with E-state index in [2.05, 4.69) is 20.2 Å². The predicted octanol–water partition coefficient (Wildman–Crippen LogP) is 3.60. The van der Waals surface area contributed by atoms with Crippen molar-refractivity contribution in [3.05, 3.63) is 52.7 Å². The van der Waals surface area contributed by atoms with Crippen LogP contribution >= 0.6 is 11.3 Å². The first-order valence-electron chi connectivity index (χ1n) is 10.4. The van der Waals surface area contributed by atoms with E-state index in [9.17, 15) is 13.6 Å². The molecule has 1 fully saturated rings. The Balaban J connectivity index is 1.45. The fourth-order valence-corrected chi connectivity index (χ4v) is 5.02. The summed E-state index contributed by atoms with van der Waals surface area (Å²) < 4.78 is 33.8. The lowest BCUT2D eigenvalue weighted by molar-refractivity contribution is 0.102. The summed E-state index contributed by atoms with van der Waals surface area (Å²) >= 11 is 1.01. The Morgan fingerprint density at radius 2 is 2.12 bits per heavy atom. The summed E-state index contributed by atoms with van der Waals surface area (Å²) in [5, 5.41) is 4.47. The van der Waals surface area contributed by atoms with Gasteiger partial charge in [-0.1, -0.05) is 6.07 Å². The van der Waals surface area contributed by atoms with E-state index >= 15 is 0 Å². The molecular weight excluding hydrogens is 436 g/mol. The van der Waals surface area contributed by atoms with Crippen molar-refractivity contribution in [1.29, 1.82) is 0 Å². The van der Waals surface area contributed by atoms with Crippen molar-refractivity contribution in [2.24, 2.45) is 5.73 Å². The Morgan fingerprint density at radius 1 is 1.31 bits per heavy atom. The highest BCUT2D eigenvalue weighted by atomic mass is 32.1. The fraction of sp³-hybridized carbons (Fsp3) is 0.318. The summed E-state index contributed by atoms with van der Waals surface area (Å²) in [4.78, 5) is 23.7. The molecule has 0 saturated carbocycles. The molecule has 0 spiro atoms. The Bertz CT molecular complexity index is 1160. The largest absolute Gasteiger partial charge is 0.477 e. The summed E-state index contributed by atoms with van der Waals surface area (Å²) in [6.45, 7) is 2.03. The quantitative estimate of drug-likeness (QED) is 0.622. The van der Waals surface area contributed by atoms with Gasteiger partial charge in [-0.3, -0.25) is 4.79 Å². The Kier molecular flexibility index (Phi) is 5.48. The molecule has 4 heterocycles. The number of anilines is 2. The normalized spacial score (nSPS) is 17.7. The number of carbonyl (C=O) groups is 1. The van der Waals surface area contributed by atoms with E-state index in [0.717, 1.165) is 54.1 Å². The van der Waals surface area contributed by atoms with Crippen molar-refractivity contribution in [3.8, 4) is 16.5 Å². The first kappa shape index (κ1) is 20.8. The second-order valence-corrected chi connectivity index (χ2v) is 8.70. The van der Waals surface area contributed by atoms with Gasteiger partial charge in [0.05, 0.1) is 29.7 Å². The molecule has 0 radical (unpaired) electrons. The third kappa shape index (κ3) is 3.80. The number of fused-ring (bicyclic) bond motifs is 1. The number of nitrogens with two attached hydrogens (primary N) is 1. The number of thiazole rings is 1. The molecule has 2 aromatic heterocycles. The van der Waals surface area contributed by atoms with E-state index < -0.39 is 17.5 Å². The van der Waals surface area contributed by atoms with E-state index in [-0.39, 0.29) is 22.3 Å². The van der Waals surface area contributed by atoms with Crippen LogP contribution in [0.3, 0.4) is 0 Å². The molecule has 10 heteroatoms. The maximum atomic E-state index is 14.1. The molecule has 2 aliphatic rings. The molecule has 5 rings (SSSR count). The topological polar surface area (TPSA) is 93.4 Å². The Labute approximate surface area is 187 Å². The lowest BCUT2D eigenvalue weighted by Gasteiger charge is -2.34. The molecular formula is C22H21F2N5O2S. The van der Waals surface area contributed by atoms with Crippen molar-refractivity contribution < 1.29 is 18.3 Å². The highest BCUT2D eigenvalue weighted by Crippen LogP contribution is 2.39. The molecule has 1 aromatic carbocycles. The maximum Gasteiger partial charge on any atom is 0.275 e. The van der Waals surface area contributed by atoms with Gasteiger partial charge in [0.2, 0.25) is 5.88 Å². The van der Waals surface area contributed by atoms with Crippen LogP contribution in [0.4, 0.5) is 20.2 Å². The number of amides is 1. The second kappa shape index (κ2) is 8.44. The minimum Gasteiger partial charge on any atom is -0.477 e. The van der Waals surface area contributed by atoms with Gasteiger partial charge in [-0.15, -0.1) is 11.3 Å².